The van der Waals surface area contributed by atoms with E-state index in [1.165, 1.54) is 18.3 Å². The van der Waals surface area contributed by atoms with Crippen LogP contribution in [-0.2, 0) is 16.1 Å². The molecule has 3 aromatic rings. The van der Waals surface area contributed by atoms with Crippen LogP contribution in [0.25, 0.3) is 0 Å². The van der Waals surface area contributed by atoms with E-state index in [4.69, 9.17) is 4.74 Å². The minimum atomic E-state index is -0.409. The highest BCUT2D eigenvalue weighted by molar-refractivity contribution is 7.14. The molecule has 156 valence electrons. The first-order valence-corrected chi connectivity index (χ1v) is 10.4. The Morgan fingerprint density at radius 3 is 2.40 bits per heavy atom. The smallest absolute Gasteiger partial charge is 0.338 e. The molecule has 0 atom stereocenters. The van der Waals surface area contributed by atoms with Crippen molar-refractivity contribution in [3.8, 4) is 0 Å². The van der Waals surface area contributed by atoms with Crippen molar-refractivity contribution < 1.29 is 14.3 Å². The van der Waals surface area contributed by atoms with Crippen LogP contribution in [0.2, 0.25) is 0 Å². The summed E-state index contributed by atoms with van der Waals surface area (Å²) in [6.45, 7) is 5.55. The fourth-order valence-corrected chi connectivity index (χ4v) is 3.83. The highest BCUT2D eigenvalue weighted by Gasteiger charge is 2.20. The van der Waals surface area contributed by atoms with E-state index in [1.54, 1.807) is 22.4 Å². The van der Waals surface area contributed by atoms with Crippen molar-refractivity contribution in [2.24, 2.45) is 0 Å². The minimum absolute atomic E-state index is 0.0450. The number of esters is 1. The molecule has 0 bridgehead atoms. The van der Waals surface area contributed by atoms with Crippen molar-refractivity contribution >= 4 is 39.7 Å². The molecular weight excluding hydrogens is 398 g/mol. The number of nitrogens with zero attached hydrogens (tertiary/aromatic N) is 3. The molecule has 0 aliphatic heterocycles. The Morgan fingerprint density at radius 1 is 1.07 bits per heavy atom. The van der Waals surface area contributed by atoms with E-state index >= 15 is 0 Å². The molecule has 0 fully saturated rings. The molecule has 0 aliphatic carbocycles. The van der Waals surface area contributed by atoms with E-state index in [-0.39, 0.29) is 12.5 Å². The quantitative estimate of drug-likeness (QED) is 0.530. The normalized spacial score (nSPS) is 10.6. The van der Waals surface area contributed by atoms with Gasteiger partial charge >= 0.3 is 5.97 Å². The number of carbonyl (C=O) groups excluding carboxylic acids is 2. The van der Waals surface area contributed by atoms with Gasteiger partial charge in [-0.15, -0.1) is 11.3 Å². The maximum Gasteiger partial charge on any atom is 0.338 e. The van der Waals surface area contributed by atoms with Gasteiger partial charge in [0.05, 0.1) is 16.9 Å². The van der Waals surface area contributed by atoms with Crippen molar-refractivity contribution in [1.82, 2.24) is 4.98 Å². The average molecular weight is 424 g/mol. The van der Waals surface area contributed by atoms with Crippen LogP contribution in [0.4, 0.5) is 16.5 Å². The Bertz CT molecular complexity index is 1060. The fourth-order valence-electron chi connectivity index (χ4n) is 2.97. The molecule has 0 aliphatic rings. The lowest BCUT2D eigenvalue weighted by Crippen LogP contribution is -2.23. The molecule has 0 N–H and O–H groups in total. The summed E-state index contributed by atoms with van der Waals surface area (Å²) in [5.74, 6) is -0.532. The molecule has 6 nitrogen and oxygen atoms in total. The zero-order valence-corrected chi connectivity index (χ0v) is 18.6. The van der Waals surface area contributed by atoms with E-state index in [1.807, 2.05) is 63.2 Å². The van der Waals surface area contributed by atoms with Crippen LogP contribution in [0.1, 0.15) is 34.1 Å². The predicted octanol–water partition coefficient (Wildman–Crippen LogP) is 4.87. The Kier molecular flexibility index (Phi) is 6.52. The van der Waals surface area contributed by atoms with Gasteiger partial charge in [-0.25, -0.2) is 9.78 Å². The highest BCUT2D eigenvalue weighted by atomic mass is 32.1. The van der Waals surface area contributed by atoms with Gasteiger partial charge in [0.25, 0.3) is 0 Å². The Morgan fingerprint density at radius 2 is 1.77 bits per heavy atom. The number of thiazole rings is 1. The van der Waals surface area contributed by atoms with Gasteiger partial charge in [-0.2, -0.15) is 0 Å². The van der Waals surface area contributed by atoms with Crippen LogP contribution in [0, 0.1) is 13.8 Å². The highest BCUT2D eigenvalue weighted by Crippen LogP contribution is 2.32. The molecule has 0 radical (unpaired) electrons. The fraction of sp³-hybridized carbons (Fsp3) is 0.261. The van der Waals surface area contributed by atoms with Gasteiger partial charge in [0.15, 0.2) is 5.13 Å². The number of ether oxygens (including phenoxy) is 1. The van der Waals surface area contributed by atoms with Crippen molar-refractivity contribution in [2.75, 3.05) is 23.9 Å². The van der Waals surface area contributed by atoms with E-state index in [0.717, 1.165) is 22.5 Å². The Labute approximate surface area is 180 Å². The van der Waals surface area contributed by atoms with Gasteiger partial charge in [-0.05, 0) is 55.3 Å². The zero-order chi connectivity index (χ0) is 21.8. The lowest BCUT2D eigenvalue weighted by atomic mass is 10.1. The van der Waals surface area contributed by atoms with Gasteiger partial charge in [0.2, 0.25) is 5.91 Å². The number of rotatable bonds is 6. The number of aryl methyl sites for hydroxylation is 1. The van der Waals surface area contributed by atoms with Crippen LogP contribution in [0.3, 0.4) is 0 Å². The van der Waals surface area contributed by atoms with Crippen molar-refractivity contribution in [1.29, 1.82) is 0 Å². The Balaban J connectivity index is 1.72. The third kappa shape index (κ3) is 4.68. The summed E-state index contributed by atoms with van der Waals surface area (Å²) in [5.41, 5.74) is 5.02. The molecule has 0 unspecified atom stereocenters. The number of aromatic nitrogens is 1. The standard InChI is InChI=1S/C23H25N3O3S/c1-15-7-6-8-21(16(15)2)26(17(3)27)23-24-19(14-30-23)13-29-22(28)18-9-11-20(12-10-18)25(4)5/h6-12,14H,13H2,1-5H3. The van der Waals surface area contributed by atoms with E-state index < -0.39 is 5.97 Å². The number of benzene rings is 2. The van der Waals surface area contributed by atoms with Crippen molar-refractivity contribution in [3.05, 3.63) is 70.2 Å². The molecule has 1 heterocycles. The summed E-state index contributed by atoms with van der Waals surface area (Å²) in [4.78, 5) is 32.8. The number of hydrogen-bond acceptors (Lipinski definition) is 6. The van der Waals surface area contributed by atoms with Crippen molar-refractivity contribution in [3.63, 3.8) is 0 Å². The first-order chi connectivity index (χ1) is 14.3. The first kappa shape index (κ1) is 21.5. The van der Waals surface area contributed by atoms with Crippen LogP contribution < -0.4 is 9.80 Å². The molecule has 1 aromatic heterocycles. The lowest BCUT2D eigenvalue weighted by molar-refractivity contribution is -0.115. The third-order valence-corrected chi connectivity index (χ3v) is 5.71. The summed E-state index contributed by atoms with van der Waals surface area (Å²) < 4.78 is 5.40. The summed E-state index contributed by atoms with van der Waals surface area (Å²) in [6.07, 6.45) is 0. The van der Waals surface area contributed by atoms with E-state index in [9.17, 15) is 9.59 Å². The minimum Gasteiger partial charge on any atom is -0.456 e. The molecule has 7 heteroatoms. The van der Waals surface area contributed by atoms with Gasteiger partial charge in [0, 0.05) is 32.1 Å². The largest absolute Gasteiger partial charge is 0.456 e. The van der Waals surface area contributed by atoms with E-state index in [2.05, 4.69) is 4.98 Å². The van der Waals surface area contributed by atoms with Crippen molar-refractivity contribution in [2.45, 2.75) is 27.4 Å². The summed E-state index contributed by atoms with van der Waals surface area (Å²) in [5, 5.41) is 2.36. The first-order valence-electron chi connectivity index (χ1n) is 9.53. The van der Waals surface area contributed by atoms with Crippen LogP contribution in [-0.4, -0.2) is 31.0 Å². The number of anilines is 3. The third-order valence-electron chi connectivity index (χ3n) is 4.83. The monoisotopic (exact) mass is 423 g/mol. The summed E-state index contributed by atoms with van der Waals surface area (Å²) in [6, 6.07) is 13.0. The van der Waals surface area contributed by atoms with Crippen LogP contribution >= 0.6 is 11.3 Å². The maximum absolute atomic E-state index is 12.3. The number of amides is 1. The number of hydrogen-bond donors (Lipinski definition) is 0. The van der Waals surface area contributed by atoms with Crippen LogP contribution in [0.5, 0.6) is 0 Å². The summed E-state index contributed by atoms with van der Waals surface area (Å²) in [7, 11) is 3.88. The SMILES string of the molecule is CC(=O)N(c1nc(COC(=O)c2ccc(N(C)C)cc2)cs1)c1cccc(C)c1C. The molecule has 0 saturated heterocycles. The lowest BCUT2D eigenvalue weighted by Gasteiger charge is -2.21. The molecule has 0 saturated carbocycles. The second-order valence-corrected chi connectivity index (χ2v) is 8.05. The average Bonchev–Trinajstić information content (AvgIpc) is 3.17. The number of carbonyl (C=O) groups is 2. The predicted molar refractivity (Wildman–Crippen MR) is 121 cm³/mol. The molecule has 1 amide bonds. The van der Waals surface area contributed by atoms with Gasteiger partial charge in [-0.1, -0.05) is 12.1 Å². The second kappa shape index (κ2) is 9.09. The Hall–Kier alpha value is -3.19. The summed E-state index contributed by atoms with van der Waals surface area (Å²) >= 11 is 1.35. The van der Waals surface area contributed by atoms with Gasteiger partial charge < -0.3 is 9.64 Å². The molecule has 2 aromatic carbocycles. The molecule has 0 spiro atoms. The second-order valence-electron chi connectivity index (χ2n) is 7.21. The van der Waals surface area contributed by atoms with E-state index in [0.29, 0.717) is 16.4 Å². The zero-order valence-electron chi connectivity index (χ0n) is 17.8. The topological polar surface area (TPSA) is 62.7 Å². The van der Waals surface area contributed by atoms with Gasteiger partial charge in [0.1, 0.15) is 6.61 Å². The van der Waals surface area contributed by atoms with Crippen LogP contribution in [0.15, 0.2) is 47.8 Å². The maximum atomic E-state index is 12.3. The van der Waals surface area contributed by atoms with Gasteiger partial charge in [-0.3, -0.25) is 9.69 Å². The molecule has 30 heavy (non-hydrogen) atoms. The molecular formula is C23H25N3O3S. The molecule has 3 rings (SSSR count).